The molecule has 50 heavy (non-hydrogen) atoms. The van der Waals surface area contributed by atoms with Gasteiger partial charge in [0, 0.05) is 50.4 Å². The summed E-state index contributed by atoms with van der Waals surface area (Å²) < 4.78 is 3.73. The van der Waals surface area contributed by atoms with Crippen LogP contribution < -0.4 is 0 Å². The molecule has 4 aromatic rings. The number of rotatable bonds is 2. The molecule has 248 valence electrons. The number of carbonyl (C=O) groups is 4. The summed E-state index contributed by atoms with van der Waals surface area (Å²) in [6, 6.07) is 10.1. The Labute approximate surface area is 288 Å². The van der Waals surface area contributed by atoms with Gasteiger partial charge < -0.3 is 19.6 Å². The highest BCUT2D eigenvalue weighted by Gasteiger charge is 2.43. The van der Waals surface area contributed by atoms with Crippen LogP contribution in [0.2, 0.25) is 0 Å². The average Bonchev–Trinajstić information content (AvgIpc) is 3.97. The van der Waals surface area contributed by atoms with E-state index in [1.807, 2.05) is 31.1 Å². The third-order valence-electron chi connectivity index (χ3n) is 10.8. The van der Waals surface area contributed by atoms with Gasteiger partial charge in [-0.1, -0.05) is 11.8 Å². The molecule has 2 atom stereocenters. The second-order valence-electron chi connectivity index (χ2n) is 13.3. The van der Waals surface area contributed by atoms with Crippen molar-refractivity contribution in [2.45, 2.75) is 37.8 Å². The fourth-order valence-electron chi connectivity index (χ4n) is 8.39. The molecule has 2 aromatic heterocycles. The molecule has 12 nitrogen and oxygen atoms in total. The maximum Gasteiger partial charge on any atom is 0.274 e. The number of fused-ring (bicyclic) bond motifs is 10. The zero-order chi connectivity index (χ0) is 34.3. The first kappa shape index (κ1) is 30.0. The lowest BCUT2D eigenvalue weighted by atomic mass is 10.1. The number of amides is 4. The number of hydrogen-bond donors (Lipinski definition) is 0. The van der Waals surface area contributed by atoms with Gasteiger partial charge in [0.25, 0.3) is 23.6 Å². The second kappa shape index (κ2) is 11.2. The molecule has 1 unspecified atom stereocenters. The van der Waals surface area contributed by atoms with Gasteiger partial charge in [-0.25, -0.2) is 9.97 Å². The molecule has 0 aliphatic carbocycles. The molecule has 0 bridgehead atoms. The predicted molar refractivity (Wildman–Crippen MR) is 181 cm³/mol. The minimum absolute atomic E-state index is 0.100. The number of carbonyl (C=O) groups excluding carboxylic acids is 4. The molecule has 5 aliphatic rings. The lowest BCUT2D eigenvalue weighted by Gasteiger charge is -2.35. The fourth-order valence-corrected chi connectivity index (χ4v) is 8.39. The van der Waals surface area contributed by atoms with E-state index >= 15 is 0 Å². The number of terminal acetylenes is 2. The Bertz CT molecular complexity index is 2090. The van der Waals surface area contributed by atoms with Crippen molar-refractivity contribution in [3.8, 4) is 36.1 Å². The standard InChI is InChI=1S/C38H32N8O4/c1-3-23-9-11-27-25(19-23)35(47)43-13-5-7-29(43)33-31(39-21-45(27)33)37(49)41-15-17-42(18-16-41)38(50)32-34-30-8-6-14-44(30)36(48)26-20-24(4-2)10-12-28(26)46(34)22-40-32/h1-2,9-12,19-22,29-30H,5-8,13-18H2/t29-,30?/m0/s1. The Morgan fingerprint density at radius 3 is 1.46 bits per heavy atom. The number of aromatic nitrogens is 4. The number of nitrogens with zero attached hydrogens (tertiary/aromatic N) is 8. The third-order valence-corrected chi connectivity index (χ3v) is 10.8. The first-order valence-corrected chi connectivity index (χ1v) is 16.9. The van der Waals surface area contributed by atoms with Gasteiger partial charge in [0.05, 0.1) is 46.0 Å². The molecule has 7 heterocycles. The molecule has 0 radical (unpaired) electrons. The normalized spacial score (nSPS) is 20.4. The molecule has 9 rings (SSSR count). The number of benzene rings is 2. The number of imidazole rings is 2. The smallest absolute Gasteiger partial charge is 0.274 e. The van der Waals surface area contributed by atoms with Gasteiger partial charge >= 0.3 is 0 Å². The maximum atomic E-state index is 14.1. The quantitative estimate of drug-likeness (QED) is 0.304. The highest BCUT2D eigenvalue weighted by molar-refractivity contribution is 6.02. The summed E-state index contributed by atoms with van der Waals surface area (Å²) >= 11 is 0. The Hall–Kier alpha value is -6.14. The van der Waals surface area contributed by atoms with Crippen molar-refractivity contribution in [3.05, 3.63) is 94.1 Å². The van der Waals surface area contributed by atoms with E-state index < -0.39 is 0 Å². The molecule has 5 aliphatic heterocycles. The Morgan fingerprint density at radius 1 is 0.640 bits per heavy atom. The van der Waals surface area contributed by atoms with Crippen LogP contribution in [0.4, 0.5) is 0 Å². The summed E-state index contributed by atoms with van der Waals surface area (Å²) in [6.07, 6.45) is 17.6. The van der Waals surface area contributed by atoms with E-state index in [1.54, 1.807) is 46.7 Å². The van der Waals surface area contributed by atoms with E-state index in [0.29, 0.717) is 95.7 Å². The first-order chi connectivity index (χ1) is 24.4. The summed E-state index contributed by atoms with van der Waals surface area (Å²) in [5.74, 6) is 4.57. The van der Waals surface area contributed by atoms with Gasteiger partial charge in [-0.3, -0.25) is 28.3 Å². The SMILES string of the molecule is C#Cc1ccc2c(c1)C(=O)N1CCCC1c1c(C(=O)N3CCN(C(=O)c4ncn5c4[C@@H]4CCCN4C(=O)c4cc(C#C)ccc4-5)CC3)ncn1-2. The van der Waals surface area contributed by atoms with Crippen LogP contribution in [-0.4, -0.2) is 102 Å². The van der Waals surface area contributed by atoms with E-state index in [-0.39, 0.29) is 35.7 Å². The molecule has 3 fully saturated rings. The van der Waals surface area contributed by atoms with Gasteiger partial charge in [0.2, 0.25) is 0 Å². The molecular formula is C38H32N8O4. The van der Waals surface area contributed by atoms with Crippen LogP contribution in [0.25, 0.3) is 11.4 Å². The van der Waals surface area contributed by atoms with Crippen molar-refractivity contribution >= 4 is 23.6 Å². The molecule has 0 saturated carbocycles. The Kier molecular flexibility index (Phi) is 6.71. The first-order valence-electron chi connectivity index (χ1n) is 16.9. The topological polar surface area (TPSA) is 117 Å². The minimum Gasteiger partial charge on any atom is -0.334 e. The Morgan fingerprint density at radius 2 is 1.06 bits per heavy atom. The third kappa shape index (κ3) is 4.27. The highest BCUT2D eigenvalue weighted by Crippen LogP contribution is 2.42. The van der Waals surface area contributed by atoms with Crippen LogP contribution in [0.15, 0.2) is 49.1 Å². The van der Waals surface area contributed by atoms with E-state index in [9.17, 15) is 19.2 Å². The van der Waals surface area contributed by atoms with Gasteiger partial charge in [-0.2, -0.15) is 0 Å². The van der Waals surface area contributed by atoms with Gasteiger partial charge in [0.15, 0.2) is 11.4 Å². The Balaban J connectivity index is 0.985. The largest absolute Gasteiger partial charge is 0.334 e. The maximum absolute atomic E-state index is 14.1. The monoisotopic (exact) mass is 664 g/mol. The van der Waals surface area contributed by atoms with Crippen molar-refractivity contribution in [1.29, 1.82) is 0 Å². The second-order valence-corrected chi connectivity index (χ2v) is 13.3. The van der Waals surface area contributed by atoms with Crippen LogP contribution in [0.3, 0.4) is 0 Å². The summed E-state index contributed by atoms with van der Waals surface area (Å²) in [4.78, 5) is 71.9. The van der Waals surface area contributed by atoms with Crippen LogP contribution in [-0.2, 0) is 0 Å². The molecular weight excluding hydrogens is 632 g/mol. The van der Waals surface area contributed by atoms with Crippen molar-refractivity contribution in [2.24, 2.45) is 0 Å². The number of hydrogen-bond acceptors (Lipinski definition) is 6. The summed E-state index contributed by atoms with van der Waals surface area (Å²) in [6.45, 7) is 2.43. The van der Waals surface area contributed by atoms with Gasteiger partial charge in [0.1, 0.15) is 12.7 Å². The minimum atomic E-state index is -0.282. The van der Waals surface area contributed by atoms with Crippen LogP contribution >= 0.6 is 0 Å². The van der Waals surface area contributed by atoms with Crippen molar-refractivity contribution < 1.29 is 19.2 Å². The van der Waals surface area contributed by atoms with Crippen LogP contribution in [0.5, 0.6) is 0 Å². The van der Waals surface area contributed by atoms with Crippen LogP contribution in [0, 0.1) is 24.7 Å². The van der Waals surface area contributed by atoms with Gasteiger partial charge in [-0.05, 0) is 62.1 Å². The molecule has 12 heteroatoms. The summed E-state index contributed by atoms with van der Waals surface area (Å²) in [5.41, 5.74) is 5.59. The van der Waals surface area contributed by atoms with E-state index in [1.165, 1.54) is 0 Å². The molecule has 0 N–H and O–H groups in total. The molecule has 3 saturated heterocycles. The summed E-state index contributed by atoms with van der Waals surface area (Å²) in [5, 5.41) is 0. The van der Waals surface area contributed by atoms with Crippen molar-refractivity contribution in [3.63, 3.8) is 0 Å². The fraction of sp³-hybridized carbons (Fsp3) is 0.316. The molecule has 2 aromatic carbocycles. The van der Waals surface area contributed by atoms with E-state index in [0.717, 1.165) is 25.7 Å². The molecule has 4 amide bonds. The highest BCUT2D eigenvalue weighted by atomic mass is 16.2. The zero-order valence-electron chi connectivity index (χ0n) is 27.2. The van der Waals surface area contributed by atoms with E-state index in [2.05, 4.69) is 21.8 Å². The molecule has 0 spiro atoms. The number of piperazine rings is 1. The van der Waals surface area contributed by atoms with Gasteiger partial charge in [-0.15, -0.1) is 12.8 Å². The van der Waals surface area contributed by atoms with Crippen molar-refractivity contribution in [2.75, 3.05) is 39.3 Å². The van der Waals surface area contributed by atoms with E-state index in [4.69, 9.17) is 12.8 Å². The van der Waals surface area contributed by atoms with Crippen molar-refractivity contribution in [1.82, 2.24) is 38.7 Å². The lowest BCUT2D eigenvalue weighted by Crippen LogP contribution is -2.51. The lowest BCUT2D eigenvalue weighted by molar-refractivity contribution is 0.0524. The zero-order valence-corrected chi connectivity index (χ0v) is 27.2. The average molecular weight is 665 g/mol. The van der Waals surface area contributed by atoms with Crippen LogP contribution in [0.1, 0.15) is 102 Å². The summed E-state index contributed by atoms with van der Waals surface area (Å²) in [7, 11) is 0. The predicted octanol–water partition coefficient (Wildman–Crippen LogP) is 3.20.